The molecule has 0 saturated heterocycles. The van der Waals surface area contributed by atoms with Crippen molar-refractivity contribution in [1.82, 2.24) is 9.97 Å². The van der Waals surface area contributed by atoms with Gasteiger partial charge in [-0.3, -0.25) is 19.9 Å². The summed E-state index contributed by atoms with van der Waals surface area (Å²) in [5, 5.41) is 13.6. The second kappa shape index (κ2) is 7.14. The molecule has 0 aliphatic heterocycles. The number of benzene rings is 1. The van der Waals surface area contributed by atoms with E-state index in [0.717, 1.165) is 10.7 Å². The standard InChI is InChI=1S/C18H13N3O3S/c1-12-5-6-13(10-16(12)21(23)24)17(22)8-7-14-11-25-18(20-14)15-4-2-3-9-19-15/h2-11H,1H3. The van der Waals surface area contributed by atoms with Crippen LogP contribution in [0.15, 0.2) is 54.1 Å². The van der Waals surface area contributed by atoms with E-state index < -0.39 is 4.92 Å². The van der Waals surface area contributed by atoms with Crippen molar-refractivity contribution in [2.45, 2.75) is 6.92 Å². The minimum atomic E-state index is -0.491. The molecule has 0 bridgehead atoms. The maximum absolute atomic E-state index is 12.2. The van der Waals surface area contributed by atoms with Crippen molar-refractivity contribution in [3.63, 3.8) is 0 Å². The van der Waals surface area contributed by atoms with Gasteiger partial charge in [-0.15, -0.1) is 11.3 Å². The highest BCUT2D eigenvalue weighted by atomic mass is 32.1. The number of nitro groups is 1. The molecule has 0 aliphatic carbocycles. The summed E-state index contributed by atoms with van der Waals surface area (Å²) in [4.78, 5) is 31.4. The fourth-order valence-corrected chi connectivity index (χ4v) is 2.95. The number of carbonyl (C=O) groups excluding carboxylic acids is 1. The lowest BCUT2D eigenvalue weighted by molar-refractivity contribution is -0.385. The van der Waals surface area contributed by atoms with Crippen LogP contribution in [0.4, 0.5) is 5.69 Å². The number of hydrogen-bond donors (Lipinski definition) is 0. The molecule has 0 unspecified atom stereocenters. The number of thiazole rings is 1. The van der Waals surface area contributed by atoms with Gasteiger partial charge in [0.15, 0.2) is 5.78 Å². The number of pyridine rings is 1. The molecule has 0 saturated carbocycles. The Balaban J connectivity index is 1.79. The summed E-state index contributed by atoms with van der Waals surface area (Å²) in [6.45, 7) is 1.64. The number of aryl methyl sites for hydroxylation is 1. The third-order valence-electron chi connectivity index (χ3n) is 3.50. The van der Waals surface area contributed by atoms with Crippen LogP contribution >= 0.6 is 11.3 Å². The molecule has 1 aromatic carbocycles. The van der Waals surface area contributed by atoms with Crippen LogP contribution in [0.5, 0.6) is 0 Å². The lowest BCUT2D eigenvalue weighted by Gasteiger charge is -1.99. The monoisotopic (exact) mass is 351 g/mol. The van der Waals surface area contributed by atoms with E-state index in [4.69, 9.17) is 0 Å². The molecule has 2 aromatic heterocycles. The fraction of sp³-hybridized carbons (Fsp3) is 0.0556. The molecule has 3 aromatic rings. The zero-order valence-corrected chi connectivity index (χ0v) is 14.1. The van der Waals surface area contributed by atoms with Gasteiger partial charge in [-0.1, -0.05) is 18.2 Å². The first kappa shape index (κ1) is 16.7. The molecule has 6 nitrogen and oxygen atoms in total. The van der Waals surface area contributed by atoms with Crippen LogP contribution < -0.4 is 0 Å². The number of rotatable bonds is 5. The zero-order chi connectivity index (χ0) is 17.8. The summed E-state index contributed by atoms with van der Waals surface area (Å²) in [5.74, 6) is -0.310. The van der Waals surface area contributed by atoms with Gasteiger partial charge in [0.25, 0.3) is 5.69 Å². The third-order valence-corrected chi connectivity index (χ3v) is 4.38. The fourth-order valence-electron chi connectivity index (χ4n) is 2.19. The summed E-state index contributed by atoms with van der Waals surface area (Å²) in [7, 11) is 0. The number of hydrogen-bond acceptors (Lipinski definition) is 6. The quantitative estimate of drug-likeness (QED) is 0.296. The van der Waals surface area contributed by atoms with Crippen LogP contribution in [-0.2, 0) is 0 Å². The highest BCUT2D eigenvalue weighted by Gasteiger charge is 2.13. The van der Waals surface area contributed by atoms with E-state index in [1.54, 1.807) is 31.3 Å². The molecule has 3 rings (SSSR count). The van der Waals surface area contributed by atoms with Gasteiger partial charge >= 0.3 is 0 Å². The molecule has 0 aliphatic rings. The maximum Gasteiger partial charge on any atom is 0.273 e. The van der Waals surface area contributed by atoms with Crippen LogP contribution in [0.1, 0.15) is 21.6 Å². The van der Waals surface area contributed by atoms with Gasteiger partial charge in [0, 0.05) is 28.8 Å². The largest absolute Gasteiger partial charge is 0.289 e. The van der Waals surface area contributed by atoms with Gasteiger partial charge in [-0.2, -0.15) is 0 Å². The minimum absolute atomic E-state index is 0.0645. The Kier molecular flexibility index (Phi) is 4.76. The van der Waals surface area contributed by atoms with Crippen LogP contribution in [-0.4, -0.2) is 20.7 Å². The zero-order valence-electron chi connectivity index (χ0n) is 13.2. The number of aromatic nitrogens is 2. The van der Waals surface area contributed by atoms with Gasteiger partial charge in [0.2, 0.25) is 0 Å². The molecule has 0 N–H and O–H groups in total. The number of nitro benzene ring substituents is 1. The predicted molar refractivity (Wildman–Crippen MR) is 96.5 cm³/mol. The van der Waals surface area contributed by atoms with Crippen molar-refractivity contribution in [3.8, 4) is 10.7 Å². The summed E-state index contributed by atoms with van der Waals surface area (Å²) < 4.78 is 0. The predicted octanol–water partition coefficient (Wildman–Crippen LogP) is 4.32. The van der Waals surface area contributed by atoms with Gasteiger partial charge in [0.05, 0.1) is 16.3 Å². The number of nitrogens with zero attached hydrogens (tertiary/aromatic N) is 3. The van der Waals surface area contributed by atoms with Gasteiger partial charge < -0.3 is 0 Å². The first-order chi connectivity index (χ1) is 12.0. The maximum atomic E-state index is 12.2. The van der Waals surface area contributed by atoms with E-state index in [0.29, 0.717) is 11.3 Å². The normalized spacial score (nSPS) is 10.9. The van der Waals surface area contributed by atoms with Crippen LogP contribution in [0.3, 0.4) is 0 Å². The Morgan fingerprint density at radius 3 is 2.84 bits per heavy atom. The molecule has 124 valence electrons. The molecule has 25 heavy (non-hydrogen) atoms. The number of ketones is 1. The highest BCUT2D eigenvalue weighted by molar-refractivity contribution is 7.13. The second-order valence-electron chi connectivity index (χ2n) is 5.25. The molecular formula is C18H13N3O3S. The van der Waals surface area contributed by atoms with Gasteiger partial charge in [0.1, 0.15) is 5.01 Å². The SMILES string of the molecule is Cc1ccc(C(=O)C=Cc2csc(-c3ccccn3)n2)cc1[N+](=O)[O-]. The molecular weight excluding hydrogens is 338 g/mol. The minimum Gasteiger partial charge on any atom is -0.289 e. The number of carbonyl (C=O) groups is 1. The highest BCUT2D eigenvalue weighted by Crippen LogP contribution is 2.23. The van der Waals surface area contributed by atoms with Crippen molar-refractivity contribution in [3.05, 3.63) is 81.0 Å². The van der Waals surface area contributed by atoms with Crippen LogP contribution in [0, 0.1) is 17.0 Å². The first-order valence-corrected chi connectivity index (χ1v) is 8.27. The van der Waals surface area contributed by atoms with Gasteiger partial charge in [-0.05, 0) is 31.2 Å². The smallest absolute Gasteiger partial charge is 0.273 e. The summed E-state index contributed by atoms with van der Waals surface area (Å²) in [6.07, 6.45) is 4.66. The van der Waals surface area contributed by atoms with E-state index >= 15 is 0 Å². The van der Waals surface area contributed by atoms with Crippen LogP contribution in [0.25, 0.3) is 16.8 Å². The summed E-state index contributed by atoms with van der Waals surface area (Å²) in [6, 6.07) is 10.0. The van der Waals surface area contributed by atoms with Crippen molar-refractivity contribution < 1.29 is 9.72 Å². The molecule has 2 heterocycles. The average Bonchev–Trinajstić information content (AvgIpc) is 3.09. The molecule has 0 fully saturated rings. The molecule has 7 heteroatoms. The Labute approximate surface area is 147 Å². The van der Waals surface area contributed by atoms with Crippen molar-refractivity contribution >= 4 is 28.9 Å². The molecule has 0 radical (unpaired) electrons. The van der Waals surface area contributed by atoms with Crippen LogP contribution in [0.2, 0.25) is 0 Å². The van der Waals surface area contributed by atoms with Gasteiger partial charge in [-0.25, -0.2) is 4.98 Å². The first-order valence-electron chi connectivity index (χ1n) is 7.39. The summed E-state index contributed by atoms with van der Waals surface area (Å²) in [5.41, 5.74) is 2.14. The topological polar surface area (TPSA) is 86.0 Å². The Hall–Kier alpha value is -3.19. The Morgan fingerprint density at radius 2 is 2.12 bits per heavy atom. The van der Waals surface area contributed by atoms with E-state index in [9.17, 15) is 14.9 Å². The van der Waals surface area contributed by atoms with Crippen molar-refractivity contribution in [2.75, 3.05) is 0 Å². The Morgan fingerprint density at radius 1 is 1.28 bits per heavy atom. The van der Waals surface area contributed by atoms with E-state index in [1.165, 1.54) is 23.5 Å². The van der Waals surface area contributed by atoms with Crippen molar-refractivity contribution in [2.24, 2.45) is 0 Å². The number of allylic oxidation sites excluding steroid dienone is 1. The van der Waals surface area contributed by atoms with Crippen molar-refractivity contribution in [1.29, 1.82) is 0 Å². The van der Waals surface area contributed by atoms with E-state index in [-0.39, 0.29) is 17.0 Å². The molecule has 0 amide bonds. The van der Waals surface area contributed by atoms with E-state index in [2.05, 4.69) is 9.97 Å². The van der Waals surface area contributed by atoms with E-state index in [1.807, 2.05) is 23.6 Å². The average molecular weight is 351 g/mol. The lowest BCUT2D eigenvalue weighted by atomic mass is 10.1. The Bertz CT molecular complexity index is 965. The molecule has 0 atom stereocenters. The molecule has 0 spiro atoms. The second-order valence-corrected chi connectivity index (χ2v) is 6.11. The third kappa shape index (κ3) is 3.84. The summed E-state index contributed by atoms with van der Waals surface area (Å²) >= 11 is 1.43. The lowest BCUT2D eigenvalue weighted by Crippen LogP contribution is -1.98.